The van der Waals surface area contributed by atoms with Crippen LogP contribution in [0.15, 0.2) is 37.1 Å². The fourth-order valence-corrected chi connectivity index (χ4v) is 2.60. The number of nitrogens with one attached hydrogen (secondary N) is 1. The molecule has 26 heavy (non-hydrogen) atoms. The number of rotatable bonds is 6. The number of allylic oxidation sites excluding steroid dienone is 3. The summed E-state index contributed by atoms with van der Waals surface area (Å²) < 4.78 is 46.3. The van der Waals surface area contributed by atoms with Gasteiger partial charge in [-0.2, -0.15) is 0 Å². The zero-order valence-corrected chi connectivity index (χ0v) is 14.3. The van der Waals surface area contributed by atoms with Gasteiger partial charge in [-0.25, -0.2) is 13.2 Å². The second-order valence-electron chi connectivity index (χ2n) is 6.00. The third-order valence-corrected chi connectivity index (χ3v) is 3.96. The van der Waals surface area contributed by atoms with E-state index in [1.807, 2.05) is 0 Å². The second kappa shape index (κ2) is 8.23. The molecule has 1 amide bonds. The summed E-state index contributed by atoms with van der Waals surface area (Å²) in [6, 6.07) is 2.80. The van der Waals surface area contributed by atoms with Crippen LogP contribution in [0.5, 0.6) is 5.75 Å². The Balaban J connectivity index is 2.39. The molecule has 0 spiro atoms. The average molecular weight is 367 g/mol. The van der Waals surface area contributed by atoms with E-state index < -0.39 is 25.0 Å². The molecule has 0 fully saturated rings. The van der Waals surface area contributed by atoms with E-state index in [4.69, 9.17) is 9.84 Å². The number of carbonyl (C=O) groups is 1. The number of aliphatic hydroxyl groups is 1. The second-order valence-corrected chi connectivity index (χ2v) is 6.00. The summed E-state index contributed by atoms with van der Waals surface area (Å²) in [5.41, 5.74) is 0.789. The Morgan fingerprint density at radius 2 is 2.19 bits per heavy atom. The molecule has 7 heteroatoms. The fourth-order valence-electron chi connectivity index (χ4n) is 2.60. The number of aliphatic hydroxyl groups excluding tert-OH is 1. The third kappa shape index (κ3) is 4.54. The highest BCUT2D eigenvalue weighted by Gasteiger charge is 2.29. The lowest BCUT2D eigenvalue weighted by atomic mass is 9.88. The van der Waals surface area contributed by atoms with Gasteiger partial charge in [0.1, 0.15) is 18.2 Å². The highest BCUT2D eigenvalue weighted by atomic mass is 19.3. The molecule has 0 radical (unpaired) electrons. The topological polar surface area (TPSA) is 58.6 Å². The van der Waals surface area contributed by atoms with Crippen molar-refractivity contribution in [2.24, 2.45) is 5.92 Å². The van der Waals surface area contributed by atoms with E-state index >= 15 is 0 Å². The smallest absolute Gasteiger partial charge is 0.303 e. The van der Waals surface area contributed by atoms with Crippen LogP contribution in [0.2, 0.25) is 0 Å². The van der Waals surface area contributed by atoms with E-state index in [2.05, 4.69) is 11.9 Å². The normalized spacial score (nSPS) is 17.8. The van der Waals surface area contributed by atoms with Crippen molar-refractivity contribution < 1.29 is 27.8 Å². The Bertz CT molecular complexity index is 757. The molecule has 0 aliphatic carbocycles. The number of hydrogen-bond donors (Lipinski definition) is 2. The van der Waals surface area contributed by atoms with Gasteiger partial charge in [-0.1, -0.05) is 25.7 Å². The number of alkyl halides is 2. The van der Waals surface area contributed by atoms with E-state index in [0.29, 0.717) is 5.57 Å². The van der Waals surface area contributed by atoms with Crippen LogP contribution in [0.3, 0.4) is 0 Å². The molecule has 2 rings (SSSR count). The van der Waals surface area contributed by atoms with Crippen molar-refractivity contribution in [1.29, 1.82) is 0 Å². The molecule has 0 bridgehead atoms. The molecule has 0 saturated heterocycles. The summed E-state index contributed by atoms with van der Waals surface area (Å²) >= 11 is 0. The number of hydrogen-bond acceptors (Lipinski definition) is 3. The molecule has 1 aromatic carbocycles. The van der Waals surface area contributed by atoms with Crippen LogP contribution in [0.4, 0.5) is 13.2 Å². The van der Waals surface area contributed by atoms with E-state index in [1.54, 1.807) is 19.1 Å². The van der Waals surface area contributed by atoms with E-state index in [0.717, 1.165) is 0 Å². The van der Waals surface area contributed by atoms with Gasteiger partial charge in [-0.05, 0) is 29.7 Å². The van der Waals surface area contributed by atoms with Crippen LogP contribution < -0.4 is 10.1 Å². The van der Waals surface area contributed by atoms with Gasteiger partial charge in [0.25, 0.3) is 0 Å². The fraction of sp³-hybridized carbons (Fsp3) is 0.316. The zero-order chi connectivity index (χ0) is 19.3. The quantitative estimate of drug-likeness (QED) is 0.809. The van der Waals surface area contributed by atoms with Crippen molar-refractivity contribution >= 4 is 17.6 Å². The Kier molecular flexibility index (Phi) is 6.26. The number of carbonyl (C=O) groups excluding carboxylic acids is 1. The zero-order valence-electron chi connectivity index (χ0n) is 14.3. The first-order valence-corrected chi connectivity index (χ1v) is 8.02. The Hall–Kier alpha value is -2.54. The summed E-state index contributed by atoms with van der Waals surface area (Å²) in [5.74, 6) is -4.63. The minimum Gasteiger partial charge on any atom is -0.486 e. The summed E-state index contributed by atoms with van der Waals surface area (Å²) in [6.07, 6.45) is 6.12. The highest BCUT2D eigenvalue weighted by molar-refractivity contribution is 5.82. The van der Waals surface area contributed by atoms with Crippen molar-refractivity contribution in [3.05, 3.63) is 54.0 Å². The minimum absolute atomic E-state index is 0.0557. The highest BCUT2D eigenvalue weighted by Crippen LogP contribution is 2.34. The van der Waals surface area contributed by atoms with Crippen LogP contribution in [-0.4, -0.2) is 30.2 Å². The van der Waals surface area contributed by atoms with Crippen LogP contribution in [0.25, 0.3) is 11.6 Å². The van der Waals surface area contributed by atoms with Gasteiger partial charge in [-0.3, -0.25) is 4.79 Å². The number of benzene rings is 1. The monoisotopic (exact) mass is 367 g/mol. The van der Waals surface area contributed by atoms with Gasteiger partial charge in [0.15, 0.2) is 6.61 Å². The standard InChI is InChI=1S/C19H20F3NO3/c1-3-13-16(26-11-19(21,22)10-24)7-6-15(18(13)20)14-5-4-8-23-17(25)9-12(14)2/h3-8,12,24H,1,9-11H2,2H3,(H,23,25). The molecule has 4 nitrogen and oxygen atoms in total. The Labute approximate surface area is 149 Å². The molecule has 0 aromatic heterocycles. The number of halogens is 3. The molecule has 1 heterocycles. The maximum atomic E-state index is 15.0. The average Bonchev–Trinajstić information content (AvgIpc) is 2.59. The van der Waals surface area contributed by atoms with Crippen LogP contribution in [0, 0.1) is 11.7 Å². The van der Waals surface area contributed by atoms with Crippen LogP contribution in [-0.2, 0) is 4.79 Å². The molecular formula is C19H20F3NO3. The minimum atomic E-state index is -3.43. The van der Waals surface area contributed by atoms with E-state index in [-0.39, 0.29) is 35.1 Å². The molecule has 140 valence electrons. The Morgan fingerprint density at radius 3 is 2.85 bits per heavy atom. The van der Waals surface area contributed by atoms with Crippen molar-refractivity contribution in [3.63, 3.8) is 0 Å². The molecule has 2 N–H and O–H groups in total. The summed E-state index contributed by atoms with van der Waals surface area (Å²) in [7, 11) is 0. The number of ether oxygens (including phenoxy) is 1. The molecule has 1 unspecified atom stereocenters. The van der Waals surface area contributed by atoms with E-state index in [1.165, 1.54) is 24.4 Å². The molecule has 1 aromatic rings. The first-order chi connectivity index (χ1) is 12.3. The van der Waals surface area contributed by atoms with Crippen molar-refractivity contribution in [2.75, 3.05) is 13.2 Å². The van der Waals surface area contributed by atoms with Crippen molar-refractivity contribution in [3.8, 4) is 5.75 Å². The van der Waals surface area contributed by atoms with Gasteiger partial charge in [0, 0.05) is 18.2 Å². The van der Waals surface area contributed by atoms with Gasteiger partial charge in [-0.15, -0.1) is 0 Å². The molecule has 1 aliphatic heterocycles. The lowest BCUT2D eigenvalue weighted by molar-refractivity contribution is -0.120. The van der Waals surface area contributed by atoms with Gasteiger partial charge >= 0.3 is 5.92 Å². The molecule has 1 aliphatic rings. The van der Waals surface area contributed by atoms with Crippen LogP contribution in [0.1, 0.15) is 24.5 Å². The van der Waals surface area contributed by atoms with Gasteiger partial charge in [0.2, 0.25) is 5.91 Å². The maximum absolute atomic E-state index is 15.0. The summed E-state index contributed by atoms with van der Waals surface area (Å²) in [6.45, 7) is 2.87. The third-order valence-electron chi connectivity index (χ3n) is 3.96. The van der Waals surface area contributed by atoms with Gasteiger partial charge in [0.05, 0.1) is 5.56 Å². The van der Waals surface area contributed by atoms with Crippen LogP contribution >= 0.6 is 0 Å². The predicted octanol–water partition coefficient (Wildman–Crippen LogP) is 3.53. The SMILES string of the molecule is C=Cc1c(OCC(F)(F)CO)ccc(C2=CC=CNC(=O)CC2C)c1F. The lowest BCUT2D eigenvalue weighted by Gasteiger charge is -2.20. The van der Waals surface area contributed by atoms with Crippen molar-refractivity contribution in [2.45, 2.75) is 19.3 Å². The molecule has 0 saturated carbocycles. The first kappa shape index (κ1) is 19.8. The summed E-state index contributed by atoms with van der Waals surface area (Å²) in [5, 5.41) is 11.2. The van der Waals surface area contributed by atoms with E-state index in [9.17, 15) is 18.0 Å². The first-order valence-electron chi connectivity index (χ1n) is 8.02. The predicted molar refractivity (Wildman–Crippen MR) is 93.1 cm³/mol. The molecular weight excluding hydrogens is 347 g/mol. The number of amides is 1. The van der Waals surface area contributed by atoms with Gasteiger partial charge < -0.3 is 15.2 Å². The Morgan fingerprint density at radius 1 is 1.46 bits per heavy atom. The summed E-state index contributed by atoms with van der Waals surface area (Å²) in [4.78, 5) is 11.7. The largest absolute Gasteiger partial charge is 0.486 e. The molecule has 1 atom stereocenters. The lowest BCUT2D eigenvalue weighted by Crippen LogP contribution is -2.30. The maximum Gasteiger partial charge on any atom is 0.303 e. The van der Waals surface area contributed by atoms with Crippen molar-refractivity contribution in [1.82, 2.24) is 5.32 Å².